The molecule has 0 unspecified atom stereocenters. The average Bonchev–Trinajstić information content (AvgIpc) is 3.54. The van der Waals surface area contributed by atoms with Crippen molar-refractivity contribution in [2.75, 3.05) is 0 Å². The van der Waals surface area contributed by atoms with Gasteiger partial charge in [0.15, 0.2) is 5.82 Å². The van der Waals surface area contributed by atoms with Gasteiger partial charge in [0.2, 0.25) is 0 Å². The van der Waals surface area contributed by atoms with Gasteiger partial charge in [-0.25, -0.2) is 14.6 Å². The zero-order chi connectivity index (χ0) is 25.1. The van der Waals surface area contributed by atoms with Gasteiger partial charge < -0.3 is 5.32 Å². The van der Waals surface area contributed by atoms with Crippen molar-refractivity contribution in [3.63, 3.8) is 0 Å². The fourth-order valence-electron chi connectivity index (χ4n) is 4.13. The highest BCUT2D eigenvalue weighted by Gasteiger charge is 2.13. The highest BCUT2D eigenvalue weighted by Crippen LogP contribution is 2.21. The second-order valence-electron chi connectivity index (χ2n) is 8.87. The van der Waals surface area contributed by atoms with E-state index in [2.05, 4.69) is 25.6 Å². The summed E-state index contributed by atoms with van der Waals surface area (Å²) in [5, 5.41) is 14.5. The molecule has 2 N–H and O–H groups in total. The van der Waals surface area contributed by atoms with Crippen LogP contribution in [-0.4, -0.2) is 35.9 Å². The molecule has 0 fully saturated rings. The molecule has 0 spiro atoms. The molecule has 180 valence electrons. The first-order chi connectivity index (χ1) is 17.4. The third-order valence-electron chi connectivity index (χ3n) is 5.92. The van der Waals surface area contributed by atoms with Crippen LogP contribution < -0.4 is 5.32 Å². The molecule has 5 aromatic rings. The SMILES string of the molecule is Cc1cc(Cc2cc(C)[nH]n2)nc(-c2ccc(C(=O)NCc3ccc(-n4cccn4)cc3)c(C)c2)n1. The van der Waals surface area contributed by atoms with E-state index in [9.17, 15) is 4.79 Å². The van der Waals surface area contributed by atoms with Crippen molar-refractivity contribution in [1.82, 2.24) is 35.3 Å². The van der Waals surface area contributed by atoms with Gasteiger partial charge in [-0.2, -0.15) is 10.2 Å². The number of amides is 1. The van der Waals surface area contributed by atoms with Crippen molar-refractivity contribution >= 4 is 5.91 Å². The zero-order valence-electron chi connectivity index (χ0n) is 20.5. The monoisotopic (exact) mass is 477 g/mol. The molecule has 0 aliphatic heterocycles. The minimum Gasteiger partial charge on any atom is -0.348 e. The molecule has 0 atom stereocenters. The number of nitrogens with one attached hydrogen (secondary N) is 2. The van der Waals surface area contributed by atoms with Gasteiger partial charge in [0, 0.05) is 47.9 Å². The molecule has 2 aromatic carbocycles. The lowest BCUT2D eigenvalue weighted by molar-refractivity contribution is 0.0950. The molecular formula is C28H27N7O. The summed E-state index contributed by atoms with van der Waals surface area (Å²) in [5.74, 6) is 0.527. The first-order valence-corrected chi connectivity index (χ1v) is 11.8. The minimum atomic E-state index is -0.116. The number of hydrogen-bond acceptors (Lipinski definition) is 5. The van der Waals surface area contributed by atoms with Crippen LogP contribution in [0, 0.1) is 20.8 Å². The van der Waals surface area contributed by atoms with Gasteiger partial charge in [-0.15, -0.1) is 0 Å². The quantitative estimate of drug-likeness (QED) is 0.359. The van der Waals surface area contributed by atoms with Crippen LogP contribution in [0.3, 0.4) is 0 Å². The normalized spacial score (nSPS) is 11.0. The molecule has 5 rings (SSSR count). The summed E-state index contributed by atoms with van der Waals surface area (Å²) in [5.41, 5.74) is 8.12. The molecule has 0 aliphatic rings. The molecule has 0 bridgehead atoms. The van der Waals surface area contributed by atoms with Crippen molar-refractivity contribution in [1.29, 1.82) is 0 Å². The number of benzene rings is 2. The van der Waals surface area contributed by atoms with Gasteiger partial charge in [-0.3, -0.25) is 9.89 Å². The third kappa shape index (κ3) is 5.22. The van der Waals surface area contributed by atoms with E-state index in [1.807, 2.05) is 87.6 Å². The highest BCUT2D eigenvalue weighted by atomic mass is 16.1. The van der Waals surface area contributed by atoms with Crippen molar-refractivity contribution < 1.29 is 4.79 Å². The summed E-state index contributed by atoms with van der Waals surface area (Å²) >= 11 is 0. The lowest BCUT2D eigenvalue weighted by atomic mass is 10.0. The van der Waals surface area contributed by atoms with Crippen LogP contribution >= 0.6 is 0 Å². The van der Waals surface area contributed by atoms with Gasteiger partial charge in [-0.1, -0.05) is 18.2 Å². The van der Waals surface area contributed by atoms with E-state index in [0.29, 0.717) is 24.4 Å². The number of hydrogen-bond donors (Lipinski definition) is 2. The number of carbonyl (C=O) groups excluding carboxylic acids is 1. The standard InChI is InChI=1S/C28H27N7O/c1-18-13-22(27-31-19(2)14-23(32-27)16-24-15-20(3)33-34-24)7-10-26(18)28(36)29-17-21-5-8-25(9-6-21)35-12-4-11-30-35/h4-15H,16-17H2,1-3H3,(H,29,36)(H,33,34). The number of aromatic nitrogens is 6. The van der Waals surface area contributed by atoms with Crippen LogP contribution in [0.5, 0.6) is 0 Å². The topological polar surface area (TPSA) is 101 Å². The van der Waals surface area contributed by atoms with Crippen LogP contribution in [0.4, 0.5) is 0 Å². The molecule has 0 aliphatic carbocycles. The predicted molar refractivity (Wildman–Crippen MR) is 138 cm³/mol. The Labute approximate surface area is 209 Å². The molecule has 0 saturated heterocycles. The Morgan fingerprint density at radius 1 is 0.972 bits per heavy atom. The summed E-state index contributed by atoms with van der Waals surface area (Å²) in [6, 6.07) is 19.5. The van der Waals surface area contributed by atoms with Gasteiger partial charge in [0.1, 0.15) is 0 Å². The number of aromatic amines is 1. The Balaban J connectivity index is 1.27. The van der Waals surface area contributed by atoms with Crippen molar-refractivity contribution in [2.45, 2.75) is 33.7 Å². The maximum absolute atomic E-state index is 12.9. The van der Waals surface area contributed by atoms with E-state index in [1.165, 1.54) is 0 Å². The Morgan fingerprint density at radius 2 is 1.81 bits per heavy atom. The molecule has 1 amide bonds. The van der Waals surface area contributed by atoms with Crippen LogP contribution in [0.25, 0.3) is 17.1 Å². The zero-order valence-corrected chi connectivity index (χ0v) is 20.5. The van der Waals surface area contributed by atoms with Crippen molar-refractivity contribution in [2.24, 2.45) is 0 Å². The van der Waals surface area contributed by atoms with E-state index in [1.54, 1.807) is 10.9 Å². The molecule has 3 heterocycles. The second-order valence-corrected chi connectivity index (χ2v) is 8.87. The summed E-state index contributed by atoms with van der Waals surface area (Å²) < 4.78 is 1.80. The number of carbonyl (C=O) groups is 1. The second kappa shape index (κ2) is 9.95. The van der Waals surface area contributed by atoms with E-state index >= 15 is 0 Å². The number of nitrogens with zero attached hydrogens (tertiary/aromatic N) is 5. The van der Waals surface area contributed by atoms with E-state index in [4.69, 9.17) is 4.98 Å². The fourth-order valence-corrected chi connectivity index (χ4v) is 4.13. The number of rotatable bonds is 7. The van der Waals surface area contributed by atoms with E-state index < -0.39 is 0 Å². The fraction of sp³-hybridized carbons (Fsp3) is 0.179. The summed E-state index contributed by atoms with van der Waals surface area (Å²) in [6.45, 7) is 6.31. The van der Waals surface area contributed by atoms with Crippen LogP contribution in [-0.2, 0) is 13.0 Å². The minimum absolute atomic E-state index is 0.116. The van der Waals surface area contributed by atoms with E-state index in [0.717, 1.165) is 45.2 Å². The summed E-state index contributed by atoms with van der Waals surface area (Å²) in [6.07, 6.45) is 4.27. The molecule has 0 saturated carbocycles. The lowest BCUT2D eigenvalue weighted by Gasteiger charge is -2.11. The Kier molecular flexibility index (Phi) is 6.40. The van der Waals surface area contributed by atoms with E-state index in [-0.39, 0.29) is 5.91 Å². The summed E-state index contributed by atoms with van der Waals surface area (Å²) in [7, 11) is 0. The molecule has 3 aromatic heterocycles. The maximum atomic E-state index is 12.9. The van der Waals surface area contributed by atoms with Crippen molar-refractivity contribution in [3.8, 4) is 17.1 Å². The molecule has 36 heavy (non-hydrogen) atoms. The molecule has 0 radical (unpaired) electrons. The smallest absolute Gasteiger partial charge is 0.251 e. The Bertz CT molecular complexity index is 1500. The number of H-pyrrole nitrogens is 1. The van der Waals surface area contributed by atoms with Gasteiger partial charge >= 0.3 is 0 Å². The number of aryl methyl sites for hydroxylation is 3. The lowest BCUT2D eigenvalue weighted by Crippen LogP contribution is -2.23. The largest absolute Gasteiger partial charge is 0.348 e. The third-order valence-corrected chi connectivity index (χ3v) is 5.92. The van der Waals surface area contributed by atoms with Crippen molar-refractivity contribution in [3.05, 3.63) is 113 Å². The molecular weight excluding hydrogens is 450 g/mol. The first-order valence-electron chi connectivity index (χ1n) is 11.8. The van der Waals surface area contributed by atoms with Crippen LogP contribution in [0.1, 0.15) is 44.3 Å². The van der Waals surface area contributed by atoms with Gasteiger partial charge in [0.25, 0.3) is 5.91 Å². The Morgan fingerprint density at radius 3 is 2.50 bits per heavy atom. The highest BCUT2D eigenvalue weighted by molar-refractivity contribution is 5.96. The maximum Gasteiger partial charge on any atom is 0.251 e. The van der Waals surface area contributed by atoms with Gasteiger partial charge in [0.05, 0.1) is 17.1 Å². The predicted octanol–water partition coefficient (Wildman–Crippen LogP) is 4.50. The molecule has 8 heteroatoms. The Hall–Kier alpha value is -4.59. The average molecular weight is 478 g/mol. The van der Waals surface area contributed by atoms with Gasteiger partial charge in [-0.05, 0) is 74.4 Å². The molecule has 8 nitrogen and oxygen atoms in total. The van der Waals surface area contributed by atoms with Crippen LogP contribution in [0.15, 0.2) is 73.1 Å². The summed E-state index contributed by atoms with van der Waals surface area (Å²) in [4.78, 5) is 22.3. The first kappa shape index (κ1) is 23.2. The van der Waals surface area contributed by atoms with Crippen LogP contribution in [0.2, 0.25) is 0 Å².